The molecule has 0 aromatic heterocycles. The maximum absolute atomic E-state index is 12.5. The highest BCUT2D eigenvalue weighted by Gasteiger charge is 2.13. The molecule has 0 bridgehead atoms. The van der Waals surface area contributed by atoms with Crippen molar-refractivity contribution < 1.29 is 9.53 Å². The summed E-state index contributed by atoms with van der Waals surface area (Å²) in [7, 11) is 0. The first-order valence-corrected chi connectivity index (χ1v) is 11.2. The van der Waals surface area contributed by atoms with Gasteiger partial charge in [0.1, 0.15) is 24.0 Å². The van der Waals surface area contributed by atoms with E-state index in [-0.39, 0.29) is 5.57 Å². The van der Waals surface area contributed by atoms with E-state index in [1.165, 1.54) is 6.08 Å². The number of amides is 1. The van der Waals surface area contributed by atoms with Crippen LogP contribution in [-0.4, -0.2) is 5.91 Å². The van der Waals surface area contributed by atoms with Crippen LogP contribution in [-0.2, 0) is 11.4 Å². The fraction of sp³-hybridized carbons (Fsp3) is 0.0833. The first-order chi connectivity index (χ1) is 14.9. The maximum atomic E-state index is 12.5. The van der Waals surface area contributed by atoms with Gasteiger partial charge in [0.25, 0.3) is 5.91 Å². The Bertz CT molecular complexity index is 1160. The molecule has 0 unspecified atom stereocenters. The van der Waals surface area contributed by atoms with E-state index >= 15 is 0 Å². The average molecular weight is 561 g/mol. The molecule has 0 saturated heterocycles. The molecule has 0 aliphatic carbocycles. The van der Waals surface area contributed by atoms with Crippen LogP contribution in [0.15, 0.2) is 75.2 Å². The Morgan fingerprint density at radius 3 is 2.42 bits per heavy atom. The maximum Gasteiger partial charge on any atom is 0.266 e. The third-order valence-corrected chi connectivity index (χ3v) is 5.69. The van der Waals surface area contributed by atoms with Crippen molar-refractivity contribution in [3.63, 3.8) is 0 Å². The zero-order chi connectivity index (χ0) is 22.4. The first-order valence-electron chi connectivity index (χ1n) is 9.22. The summed E-state index contributed by atoms with van der Waals surface area (Å²) in [6.07, 6.45) is 1.53. The molecule has 3 rings (SSSR count). The zero-order valence-electron chi connectivity index (χ0n) is 16.5. The van der Waals surface area contributed by atoms with Gasteiger partial charge in [-0.15, -0.1) is 0 Å². The summed E-state index contributed by atoms with van der Waals surface area (Å²) in [4.78, 5) is 12.5. The highest BCUT2D eigenvalue weighted by molar-refractivity contribution is 9.11. The van der Waals surface area contributed by atoms with Gasteiger partial charge < -0.3 is 10.1 Å². The topological polar surface area (TPSA) is 62.1 Å². The van der Waals surface area contributed by atoms with Crippen LogP contribution < -0.4 is 10.1 Å². The molecule has 0 aliphatic heterocycles. The van der Waals surface area contributed by atoms with Crippen molar-refractivity contribution in [2.24, 2.45) is 0 Å². The van der Waals surface area contributed by atoms with Gasteiger partial charge in [0.2, 0.25) is 0 Å². The quantitative estimate of drug-likeness (QED) is 0.254. The summed E-state index contributed by atoms with van der Waals surface area (Å²) >= 11 is 13.0. The van der Waals surface area contributed by atoms with Crippen molar-refractivity contribution in [2.45, 2.75) is 13.5 Å². The van der Waals surface area contributed by atoms with Gasteiger partial charge >= 0.3 is 0 Å². The molecule has 0 aliphatic rings. The van der Waals surface area contributed by atoms with E-state index in [0.717, 1.165) is 11.1 Å². The van der Waals surface area contributed by atoms with Crippen LogP contribution in [0.3, 0.4) is 0 Å². The molecular formula is C24H17Br2ClN2O2. The second kappa shape index (κ2) is 10.6. The Labute approximate surface area is 202 Å². The number of carbonyl (C=O) groups is 1. The van der Waals surface area contributed by atoms with Gasteiger partial charge in [-0.2, -0.15) is 5.26 Å². The Morgan fingerprint density at radius 1 is 1.13 bits per heavy atom. The lowest BCUT2D eigenvalue weighted by Crippen LogP contribution is -2.13. The van der Waals surface area contributed by atoms with Gasteiger partial charge in [-0.3, -0.25) is 4.79 Å². The van der Waals surface area contributed by atoms with E-state index in [1.54, 1.807) is 30.3 Å². The SMILES string of the molecule is Cc1ccc(NC(=O)/C(C#N)=C/c2cc(Br)c(OCc3cccc(Cl)c3)c(Br)c2)cc1. The summed E-state index contributed by atoms with van der Waals surface area (Å²) in [6.45, 7) is 2.31. The minimum absolute atomic E-state index is 0.00743. The molecule has 156 valence electrons. The molecule has 4 nitrogen and oxygen atoms in total. The summed E-state index contributed by atoms with van der Waals surface area (Å²) in [6, 6.07) is 20.3. The fourth-order valence-corrected chi connectivity index (χ4v) is 4.40. The van der Waals surface area contributed by atoms with Crippen LogP contribution in [0.4, 0.5) is 5.69 Å². The number of halogens is 3. The molecule has 0 heterocycles. The lowest BCUT2D eigenvalue weighted by atomic mass is 10.1. The lowest BCUT2D eigenvalue weighted by molar-refractivity contribution is -0.112. The molecule has 0 spiro atoms. The number of ether oxygens (including phenoxy) is 1. The van der Waals surface area contributed by atoms with Gasteiger partial charge in [0.05, 0.1) is 8.95 Å². The van der Waals surface area contributed by atoms with Gasteiger partial charge in [0, 0.05) is 10.7 Å². The van der Waals surface area contributed by atoms with Gasteiger partial charge in [-0.1, -0.05) is 41.4 Å². The number of nitrogens with one attached hydrogen (secondary N) is 1. The van der Waals surface area contributed by atoms with E-state index in [4.69, 9.17) is 16.3 Å². The number of hydrogen-bond donors (Lipinski definition) is 1. The molecule has 3 aromatic carbocycles. The minimum atomic E-state index is -0.472. The Balaban J connectivity index is 1.76. The van der Waals surface area contributed by atoms with Crippen LogP contribution in [0.1, 0.15) is 16.7 Å². The minimum Gasteiger partial charge on any atom is -0.487 e. The highest BCUT2D eigenvalue weighted by Crippen LogP contribution is 2.36. The second-order valence-electron chi connectivity index (χ2n) is 6.72. The first kappa shape index (κ1) is 23.1. The van der Waals surface area contributed by atoms with Crippen LogP contribution >= 0.6 is 43.5 Å². The number of anilines is 1. The Morgan fingerprint density at radius 2 is 1.81 bits per heavy atom. The Hall–Kier alpha value is -2.59. The number of carbonyl (C=O) groups excluding carboxylic acids is 1. The van der Waals surface area contributed by atoms with Gasteiger partial charge in [0.15, 0.2) is 0 Å². The molecule has 0 radical (unpaired) electrons. The van der Waals surface area contributed by atoms with E-state index < -0.39 is 5.91 Å². The van der Waals surface area contributed by atoms with Crippen molar-refractivity contribution >= 4 is 61.1 Å². The predicted octanol–water partition coefficient (Wildman–Crippen LogP) is 7.30. The van der Waals surface area contributed by atoms with Gasteiger partial charge in [-0.05, 0) is 92.4 Å². The Kier molecular flexibility index (Phi) is 7.91. The van der Waals surface area contributed by atoms with E-state index in [9.17, 15) is 10.1 Å². The number of nitriles is 1. The van der Waals surface area contributed by atoms with Crippen LogP contribution in [0, 0.1) is 18.3 Å². The van der Waals surface area contributed by atoms with Crippen molar-refractivity contribution in [3.05, 3.63) is 96.9 Å². The van der Waals surface area contributed by atoms with Crippen molar-refractivity contribution in [1.29, 1.82) is 5.26 Å². The molecule has 1 N–H and O–H groups in total. The van der Waals surface area contributed by atoms with Crippen molar-refractivity contribution in [2.75, 3.05) is 5.32 Å². The van der Waals surface area contributed by atoms with E-state index in [1.807, 2.05) is 43.3 Å². The van der Waals surface area contributed by atoms with Crippen molar-refractivity contribution in [1.82, 2.24) is 0 Å². The number of hydrogen-bond acceptors (Lipinski definition) is 3. The predicted molar refractivity (Wildman–Crippen MR) is 131 cm³/mol. The van der Waals surface area contributed by atoms with E-state index in [0.29, 0.717) is 37.6 Å². The summed E-state index contributed by atoms with van der Waals surface area (Å²) in [5.41, 5.74) is 3.32. The highest BCUT2D eigenvalue weighted by atomic mass is 79.9. The summed E-state index contributed by atoms with van der Waals surface area (Å²) in [5.74, 6) is 0.139. The zero-order valence-corrected chi connectivity index (χ0v) is 20.4. The van der Waals surface area contributed by atoms with E-state index in [2.05, 4.69) is 37.2 Å². The summed E-state index contributed by atoms with van der Waals surface area (Å²) < 4.78 is 7.29. The standard InChI is InChI=1S/C24H17Br2ClN2O2/c1-15-5-7-20(8-6-15)29-24(30)18(13-28)9-17-11-21(25)23(22(26)12-17)31-14-16-3-2-4-19(27)10-16/h2-12H,14H2,1H3,(H,29,30)/b18-9+. The second-order valence-corrected chi connectivity index (χ2v) is 8.87. The molecule has 1 amide bonds. The normalized spacial score (nSPS) is 11.0. The monoisotopic (exact) mass is 558 g/mol. The van der Waals surface area contributed by atoms with Crippen LogP contribution in [0.2, 0.25) is 5.02 Å². The van der Waals surface area contributed by atoms with Crippen molar-refractivity contribution in [3.8, 4) is 11.8 Å². The van der Waals surface area contributed by atoms with Crippen LogP contribution in [0.25, 0.3) is 6.08 Å². The number of nitrogens with zero attached hydrogens (tertiary/aromatic N) is 1. The third-order valence-electron chi connectivity index (χ3n) is 4.28. The van der Waals surface area contributed by atoms with Gasteiger partial charge in [-0.25, -0.2) is 0 Å². The average Bonchev–Trinajstić information content (AvgIpc) is 2.73. The molecule has 31 heavy (non-hydrogen) atoms. The smallest absolute Gasteiger partial charge is 0.266 e. The molecular weight excluding hydrogens is 544 g/mol. The lowest BCUT2D eigenvalue weighted by Gasteiger charge is -2.12. The third kappa shape index (κ3) is 6.44. The number of rotatable bonds is 6. The number of benzene rings is 3. The molecule has 0 fully saturated rings. The molecule has 7 heteroatoms. The molecule has 0 saturated carbocycles. The molecule has 3 aromatic rings. The summed E-state index contributed by atoms with van der Waals surface area (Å²) in [5, 5.41) is 12.8. The largest absolute Gasteiger partial charge is 0.487 e. The fourth-order valence-electron chi connectivity index (χ4n) is 2.73. The molecule has 0 atom stereocenters. The van der Waals surface area contributed by atoms with Crippen LogP contribution in [0.5, 0.6) is 5.75 Å². The number of aryl methyl sites for hydroxylation is 1.